The van der Waals surface area contributed by atoms with Crippen LogP contribution in [0.1, 0.15) is 37.8 Å². The minimum absolute atomic E-state index is 0.00786. The highest BCUT2D eigenvalue weighted by atomic mass is 16.2. The summed E-state index contributed by atoms with van der Waals surface area (Å²) in [4.78, 5) is 14.9. The number of carbonyl (C=O) groups excluding carboxylic acids is 1. The first-order valence-corrected chi connectivity index (χ1v) is 8.88. The Hall–Kier alpha value is -2.29. The van der Waals surface area contributed by atoms with Crippen molar-refractivity contribution in [2.45, 2.75) is 45.7 Å². The number of hydrogen-bond donors (Lipinski definition) is 1. The van der Waals surface area contributed by atoms with Gasteiger partial charge in [-0.15, -0.1) is 0 Å². The van der Waals surface area contributed by atoms with Crippen molar-refractivity contribution in [2.24, 2.45) is 5.92 Å². The second-order valence-corrected chi connectivity index (χ2v) is 6.68. The topological polar surface area (TPSA) is 32.3 Å². The van der Waals surface area contributed by atoms with Crippen molar-refractivity contribution in [2.75, 3.05) is 5.32 Å². The molecule has 1 N–H and O–H groups in total. The van der Waals surface area contributed by atoms with Gasteiger partial charge in [-0.1, -0.05) is 49.4 Å². The highest BCUT2D eigenvalue weighted by Gasteiger charge is 2.34. The highest BCUT2D eigenvalue weighted by Crippen LogP contribution is 2.36. The Morgan fingerprint density at radius 1 is 1.12 bits per heavy atom. The van der Waals surface area contributed by atoms with Crippen molar-refractivity contribution < 1.29 is 4.79 Å². The van der Waals surface area contributed by atoms with E-state index >= 15 is 0 Å². The third kappa shape index (κ3) is 4.16. The number of carbonyl (C=O) groups is 1. The second-order valence-electron chi connectivity index (χ2n) is 6.68. The Labute approximate surface area is 144 Å². The summed E-state index contributed by atoms with van der Waals surface area (Å²) in [6, 6.07) is 18.6. The quantitative estimate of drug-likeness (QED) is 0.790. The smallest absolute Gasteiger partial charge is 0.317 e. The fraction of sp³-hybridized carbons (Fsp3) is 0.381. The van der Waals surface area contributed by atoms with E-state index in [9.17, 15) is 4.79 Å². The van der Waals surface area contributed by atoms with Crippen LogP contribution in [-0.2, 0) is 13.0 Å². The van der Waals surface area contributed by atoms with Crippen LogP contribution in [0.4, 0.5) is 10.5 Å². The molecule has 1 aliphatic rings. The summed E-state index contributed by atoms with van der Waals surface area (Å²) in [5.41, 5.74) is 3.28. The number of nitrogens with one attached hydrogen (secondary N) is 1. The van der Waals surface area contributed by atoms with Crippen molar-refractivity contribution in [1.82, 2.24) is 4.90 Å². The van der Waals surface area contributed by atoms with Crippen LogP contribution in [0, 0.1) is 5.92 Å². The van der Waals surface area contributed by atoms with E-state index in [-0.39, 0.29) is 12.1 Å². The number of urea groups is 1. The zero-order valence-corrected chi connectivity index (χ0v) is 14.5. The number of rotatable bonds is 6. The van der Waals surface area contributed by atoms with Gasteiger partial charge in [-0.25, -0.2) is 4.79 Å². The van der Waals surface area contributed by atoms with E-state index in [2.05, 4.69) is 43.4 Å². The van der Waals surface area contributed by atoms with Crippen LogP contribution in [0.2, 0.25) is 0 Å². The fourth-order valence-corrected chi connectivity index (χ4v) is 3.08. The van der Waals surface area contributed by atoms with Gasteiger partial charge in [0.1, 0.15) is 0 Å². The first-order valence-electron chi connectivity index (χ1n) is 8.88. The molecule has 2 aromatic carbocycles. The summed E-state index contributed by atoms with van der Waals surface area (Å²) in [6.45, 7) is 4.94. The van der Waals surface area contributed by atoms with Gasteiger partial charge in [0.25, 0.3) is 0 Å². The molecule has 2 aromatic rings. The van der Waals surface area contributed by atoms with Crippen LogP contribution in [0.15, 0.2) is 54.6 Å². The monoisotopic (exact) mass is 322 g/mol. The van der Waals surface area contributed by atoms with Crippen molar-refractivity contribution >= 4 is 11.7 Å². The Morgan fingerprint density at radius 3 is 2.50 bits per heavy atom. The molecule has 3 nitrogen and oxygen atoms in total. The first kappa shape index (κ1) is 16.6. The highest BCUT2D eigenvalue weighted by molar-refractivity contribution is 5.89. The average Bonchev–Trinajstić information content (AvgIpc) is 3.45. The summed E-state index contributed by atoms with van der Waals surface area (Å²) in [7, 11) is 0. The number of amides is 2. The van der Waals surface area contributed by atoms with Gasteiger partial charge in [-0.2, -0.15) is 0 Å². The SMILES string of the molecule is CCc1cccc(NC(=O)N(Cc2ccccc2)C(C)C2CC2)c1. The Bertz CT molecular complexity index is 679. The molecule has 0 radical (unpaired) electrons. The number of nitrogens with zero attached hydrogens (tertiary/aromatic N) is 1. The second kappa shape index (κ2) is 7.52. The van der Waals surface area contributed by atoms with Gasteiger partial charge >= 0.3 is 6.03 Å². The Morgan fingerprint density at radius 2 is 1.83 bits per heavy atom. The average molecular weight is 322 g/mol. The number of anilines is 1. The molecule has 1 saturated carbocycles. The number of benzene rings is 2. The van der Waals surface area contributed by atoms with Crippen LogP contribution in [0.25, 0.3) is 0 Å². The molecule has 0 aliphatic heterocycles. The summed E-state index contributed by atoms with van der Waals surface area (Å²) in [5.74, 6) is 0.640. The molecule has 126 valence electrons. The summed E-state index contributed by atoms with van der Waals surface area (Å²) in [6.07, 6.45) is 3.42. The molecule has 0 heterocycles. The van der Waals surface area contributed by atoms with Crippen LogP contribution >= 0.6 is 0 Å². The van der Waals surface area contributed by atoms with Crippen molar-refractivity contribution in [3.8, 4) is 0 Å². The van der Waals surface area contributed by atoms with Crippen LogP contribution in [0.5, 0.6) is 0 Å². The third-order valence-electron chi connectivity index (χ3n) is 4.84. The molecule has 1 unspecified atom stereocenters. The first-order chi connectivity index (χ1) is 11.7. The van der Waals surface area contributed by atoms with Crippen molar-refractivity contribution in [3.63, 3.8) is 0 Å². The van der Waals surface area contributed by atoms with Gasteiger partial charge in [-0.05, 0) is 55.4 Å². The zero-order chi connectivity index (χ0) is 16.9. The van der Waals surface area contributed by atoms with Gasteiger partial charge < -0.3 is 10.2 Å². The lowest BCUT2D eigenvalue weighted by atomic mass is 10.1. The molecule has 0 saturated heterocycles. The van der Waals surface area contributed by atoms with E-state index in [1.54, 1.807) is 0 Å². The van der Waals surface area contributed by atoms with Gasteiger partial charge in [0.05, 0.1) is 0 Å². The zero-order valence-electron chi connectivity index (χ0n) is 14.5. The molecule has 0 aromatic heterocycles. The molecule has 1 fully saturated rings. The number of aryl methyl sites for hydroxylation is 1. The molecule has 1 aliphatic carbocycles. The van der Waals surface area contributed by atoms with Gasteiger partial charge in [0.2, 0.25) is 0 Å². The van der Waals surface area contributed by atoms with Crippen molar-refractivity contribution in [1.29, 1.82) is 0 Å². The minimum Gasteiger partial charge on any atom is -0.317 e. The maximum atomic E-state index is 12.9. The van der Waals surface area contributed by atoms with E-state index in [1.807, 2.05) is 35.2 Å². The lowest BCUT2D eigenvalue weighted by molar-refractivity contribution is 0.181. The maximum absolute atomic E-state index is 12.9. The summed E-state index contributed by atoms with van der Waals surface area (Å²) in [5, 5.41) is 3.09. The molecule has 3 heteroatoms. The molecule has 1 atom stereocenters. The van der Waals surface area contributed by atoms with Crippen LogP contribution < -0.4 is 5.32 Å². The lowest BCUT2D eigenvalue weighted by Gasteiger charge is -2.30. The predicted molar refractivity (Wildman–Crippen MR) is 99.0 cm³/mol. The molecule has 0 bridgehead atoms. The molecule has 3 rings (SSSR count). The summed E-state index contributed by atoms with van der Waals surface area (Å²) < 4.78 is 0. The van der Waals surface area contributed by atoms with E-state index in [0.717, 1.165) is 12.1 Å². The van der Waals surface area contributed by atoms with Crippen molar-refractivity contribution in [3.05, 3.63) is 65.7 Å². The molecular weight excluding hydrogens is 296 g/mol. The summed E-state index contributed by atoms with van der Waals surface area (Å²) >= 11 is 0. The van der Waals surface area contributed by atoms with Gasteiger partial charge in [0.15, 0.2) is 0 Å². The minimum atomic E-state index is -0.00786. The third-order valence-corrected chi connectivity index (χ3v) is 4.84. The van der Waals surface area contributed by atoms with Gasteiger partial charge in [-0.3, -0.25) is 0 Å². The number of hydrogen-bond acceptors (Lipinski definition) is 1. The van der Waals surface area contributed by atoms with E-state index in [4.69, 9.17) is 0 Å². The van der Waals surface area contributed by atoms with Gasteiger partial charge in [0, 0.05) is 18.3 Å². The van der Waals surface area contributed by atoms with E-state index in [0.29, 0.717) is 12.5 Å². The fourth-order valence-electron chi connectivity index (χ4n) is 3.08. The maximum Gasteiger partial charge on any atom is 0.322 e. The Kier molecular flexibility index (Phi) is 5.19. The largest absolute Gasteiger partial charge is 0.322 e. The molecule has 2 amide bonds. The Balaban J connectivity index is 1.74. The van der Waals surface area contributed by atoms with Crippen LogP contribution in [-0.4, -0.2) is 17.0 Å². The lowest BCUT2D eigenvalue weighted by Crippen LogP contribution is -2.42. The molecule has 24 heavy (non-hydrogen) atoms. The molecule has 0 spiro atoms. The molecular formula is C21H26N2O. The van der Waals surface area contributed by atoms with Crippen LogP contribution in [0.3, 0.4) is 0 Å². The predicted octanol–water partition coefficient (Wildman–Crippen LogP) is 5.08. The standard InChI is InChI=1S/C21H26N2O/c1-3-17-10-7-11-20(14-17)22-21(24)23(16(2)19-12-13-19)15-18-8-5-4-6-9-18/h4-11,14,16,19H,3,12-13,15H2,1-2H3,(H,22,24). The van der Waals surface area contributed by atoms with E-state index < -0.39 is 0 Å². The van der Waals surface area contributed by atoms with E-state index in [1.165, 1.54) is 24.0 Å². The normalized spacial score (nSPS) is 14.9.